The summed E-state index contributed by atoms with van der Waals surface area (Å²) in [5.41, 5.74) is 4.22. The maximum atomic E-state index is 12.5. The molecule has 3 aliphatic heterocycles. The van der Waals surface area contributed by atoms with Gasteiger partial charge in [0.15, 0.2) is 0 Å². The second-order valence-corrected chi connectivity index (χ2v) is 10.2. The van der Waals surface area contributed by atoms with E-state index in [1.807, 2.05) is 30.3 Å². The molecule has 11 heteroatoms. The summed E-state index contributed by atoms with van der Waals surface area (Å²) in [7, 11) is 1.61. The average Bonchev–Trinajstić information content (AvgIpc) is 3.50. The zero-order valence-electron chi connectivity index (χ0n) is 20.4. The minimum atomic E-state index is -0.358. The first-order valence-electron chi connectivity index (χ1n) is 12.3. The minimum Gasteiger partial charge on any atom is -0.491 e. The minimum absolute atomic E-state index is 0.0314. The highest BCUT2D eigenvalue weighted by Gasteiger charge is 2.33. The van der Waals surface area contributed by atoms with Crippen LogP contribution in [0, 0.1) is 0 Å². The predicted octanol–water partition coefficient (Wildman–Crippen LogP) is 3.55. The molecule has 1 aromatic carbocycles. The van der Waals surface area contributed by atoms with Crippen LogP contribution < -0.4 is 25.0 Å². The smallest absolute Gasteiger partial charge is 0.414 e. The first kappa shape index (κ1) is 23.8. The van der Waals surface area contributed by atoms with E-state index >= 15 is 0 Å². The molecule has 3 aliphatic rings. The normalized spacial score (nSPS) is 20.3. The third kappa shape index (κ3) is 4.76. The van der Waals surface area contributed by atoms with Crippen molar-refractivity contribution in [2.75, 3.05) is 49.3 Å². The van der Waals surface area contributed by atoms with Gasteiger partial charge in [-0.15, -0.1) is 11.8 Å². The van der Waals surface area contributed by atoms with Crippen molar-refractivity contribution in [1.29, 1.82) is 0 Å². The van der Waals surface area contributed by atoms with Crippen LogP contribution in [0.25, 0.3) is 11.0 Å². The fourth-order valence-corrected chi connectivity index (χ4v) is 5.75. The lowest BCUT2D eigenvalue weighted by Gasteiger charge is -2.20. The number of hydrogen-bond donors (Lipinski definition) is 2. The standard InChI is InChI=1S/C26H27N5O5S/c1-34-23-5-3-18-25(30-23)24-15(13-35-20(24)11-28-18)6-8-27-9-7-17-12-31(26(33)36-17)16-2-4-21-19(10-16)29-22(32)14-37-21/h2-5,10-11,15,17,27H,6-9,12-14H2,1H3,(H,29,32)/t15-,17?/m1/s1. The van der Waals surface area contributed by atoms with E-state index in [0.717, 1.165) is 58.1 Å². The Morgan fingerprint density at radius 2 is 2.11 bits per heavy atom. The second-order valence-electron chi connectivity index (χ2n) is 9.23. The van der Waals surface area contributed by atoms with Gasteiger partial charge in [0, 0.05) is 28.1 Å². The van der Waals surface area contributed by atoms with Crippen molar-refractivity contribution < 1.29 is 23.8 Å². The number of methoxy groups -OCH3 is 1. The van der Waals surface area contributed by atoms with Crippen LogP contribution >= 0.6 is 11.8 Å². The molecule has 6 rings (SSSR count). The zero-order chi connectivity index (χ0) is 25.4. The number of thioether (sulfide) groups is 1. The molecule has 1 unspecified atom stereocenters. The Labute approximate surface area is 218 Å². The number of aromatic nitrogens is 2. The number of carbonyl (C=O) groups excluding carboxylic acids is 2. The SMILES string of the molecule is COc1ccc2ncc3c(c2n1)[C@H](CCNCCC1CN(c2ccc4c(c2)NC(=O)CS4)C(=O)O1)CO3. The fraction of sp³-hybridized carbons (Fsp3) is 0.385. The van der Waals surface area contributed by atoms with E-state index in [0.29, 0.717) is 31.2 Å². The van der Waals surface area contributed by atoms with Crippen molar-refractivity contribution in [2.24, 2.45) is 0 Å². The van der Waals surface area contributed by atoms with E-state index in [1.54, 1.807) is 18.2 Å². The summed E-state index contributed by atoms with van der Waals surface area (Å²) in [6.45, 7) is 2.61. The zero-order valence-corrected chi connectivity index (χ0v) is 21.2. The maximum absolute atomic E-state index is 12.5. The monoisotopic (exact) mass is 521 g/mol. The molecule has 10 nitrogen and oxygen atoms in total. The lowest BCUT2D eigenvalue weighted by atomic mass is 9.97. The molecular weight excluding hydrogens is 494 g/mol. The number of amides is 2. The fourth-order valence-electron chi connectivity index (χ4n) is 4.96. The summed E-state index contributed by atoms with van der Waals surface area (Å²) in [5.74, 6) is 1.95. The van der Waals surface area contributed by atoms with Gasteiger partial charge in [-0.1, -0.05) is 0 Å². The van der Waals surface area contributed by atoms with E-state index in [9.17, 15) is 9.59 Å². The van der Waals surface area contributed by atoms with Crippen molar-refractivity contribution in [3.05, 3.63) is 42.1 Å². The largest absolute Gasteiger partial charge is 0.491 e. The van der Waals surface area contributed by atoms with Gasteiger partial charge in [-0.2, -0.15) is 0 Å². The van der Waals surface area contributed by atoms with Crippen molar-refractivity contribution in [2.45, 2.75) is 29.8 Å². The Morgan fingerprint density at radius 3 is 3.00 bits per heavy atom. The number of benzene rings is 1. The van der Waals surface area contributed by atoms with E-state index in [-0.39, 0.29) is 24.0 Å². The molecule has 2 aromatic heterocycles. The summed E-state index contributed by atoms with van der Waals surface area (Å²) < 4.78 is 16.8. The quantitative estimate of drug-likeness (QED) is 0.430. The molecule has 1 fully saturated rings. The molecule has 0 spiro atoms. The summed E-state index contributed by atoms with van der Waals surface area (Å²) in [4.78, 5) is 35.9. The highest BCUT2D eigenvalue weighted by atomic mass is 32.2. The van der Waals surface area contributed by atoms with Gasteiger partial charge in [-0.05, 0) is 50.2 Å². The second kappa shape index (κ2) is 10.1. The van der Waals surface area contributed by atoms with Crippen LogP contribution in [0.15, 0.2) is 41.4 Å². The Balaban J connectivity index is 1.01. The Bertz CT molecular complexity index is 1370. The molecule has 1 saturated heterocycles. The predicted molar refractivity (Wildman–Crippen MR) is 140 cm³/mol. The molecule has 2 N–H and O–H groups in total. The van der Waals surface area contributed by atoms with E-state index in [1.165, 1.54) is 11.8 Å². The molecule has 192 valence electrons. The van der Waals surface area contributed by atoms with Gasteiger partial charge >= 0.3 is 6.09 Å². The number of nitrogens with one attached hydrogen (secondary N) is 2. The average molecular weight is 522 g/mol. The highest BCUT2D eigenvalue weighted by Crippen LogP contribution is 2.40. The third-order valence-corrected chi connectivity index (χ3v) is 7.92. The molecule has 2 atom stereocenters. The topological polar surface area (TPSA) is 115 Å². The molecular formula is C26H27N5O5S. The first-order chi connectivity index (χ1) is 18.1. The molecule has 3 aromatic rings. The highest BCUT2D eigenvalue weighted by molar-refractivity contribution is 8.00. The number of hydrogen-bond acceptors (Lipinski definition) is 9. The summed E-state index contributed by atoms with van der Waals surface area (Å²) in [6.07, 6.45) is 2.82. The van der Waals surface area contributed by atoms with Gasteiger partial charge in [0.25, 0.3) is 0 Å². The lowest BCUT2D eigenvalue weighted by molar-refractivity contribution is -0.113. The number of rotatable bonds is 8. The first-order valence-corrected chi connectivity index (χ1v) is 13.3. The third-order valence-electron chi connectivity index (χ3n) is 6.84. The molecule has 2 amide bonds. The number of fused-ring (bicyclic) bond motifs is 4. The molecule has 0 radical (unpaired) electrons. The Kier molecular flexibility index (Phi) is 6.47. The Morgan fingerprint density at radius 1 is 1.22 bits per heavy atom. The van der Waals surface area contributed by atoms with Crippen LogP contribution in [0.3, 0.4) is 0 Å². The van der Waals surface area contributed by atoms with Crippen molar-refractivity contribution >= 4 is 46.2 Å². The van der Waals surface area contributed by atoms with Crippen LogP contribution in [-0.2, 0) is 9.53 Å². The summed E-state index contributed by atoms with van der Waals surface area (Å²) >= 11 is 1.50. The van der Waals surface area contributed by atoms with Gasteiger partial charge < -0.3 is 24.8 Å². The van der Waals surface area contributed by atoms with Crippen LogP contribution in [0.2, 0.25) is 0 Å². The molecule has 37 heavy (non-hydrogen) atoms. The maximum Gasteiger partial charge on any atom is 0.414 e. The van der Waals surface area contributed by atoms with Gasteiger partial charge in [0.1, 0.15) is 17.4 Å². The number of pyridine rings is 2. The molecule has 0 aliphatic carbocycles. The van der Waals surface area contributed by atoms with Gasteiger partial charge in [-0.3, -0.25) is 14.7 Å². The van der Waals surface area contributed by atoms with Gasteiger partial charge in [0.2, 0.25) is 11.8 Å². The number of anilines is 2. The summed E-state index contributed by atoms with van der Waals surface area (Å²) in [5, 5.41) is 6.35. The van der Waals surface area contributed by atoms with Gasteiger partial charge in [0.05, 0.1) is 43.4 Å². The molecule has 5 heterocycles. The van der Waals surface area contributed by atoms with Crippen LogP contribution in [0.5, 0.6) is 11.6 Å². The number of cyclic esters (lactones) is 1. The van der Waals surface area contributed by atoms with Crippen LogP contribution in [0.1, 0.15) is 24.3 Å². The van der Waals surface area contributed by atoms with Gasteiger partial charge in [-0.25, -0.2) is 9.78 Å². The molecule has 0 bridgehead atoms. The van der Waals surface area contributed by atoms with Crippen molar-refractivity contribution in [1.82, 2.24) is 15.3 Å². The van der Waals surface area contributed by atoms with Crippen LogP contribution in [-0.4, -0.2) is 67.2 Å². The lowest BCUT2D eigenvalue weighted by Crippen LogP contribution is -2.27. The summed E-state index contributed by atoms with van der Waals surface area (Å²) in [6, 6.07) is 9.41. The van der Waals surface area contributed by atoms with E-state index in [4.69, 9.17) is 14.2 Å². The van der Waals surface area contributed by atoms with Crippen molar-refractivity contribution in [3.8, 4) is 11.6 Å². The van der Waals surface area contributed by atoms with Crippen LogP contribution in [0.4, 0.5) is 16.2 Å². The van der Waals surface area contributed by atoms with Crippen molar-refractivity contribution in [3.63, 3.8) is 0 Å². The Hall–Kier alpha value is -3.57. The van der Waals surface area contributed by atoms with E-state index in [2.05, 4.69) is 20.6 Å². The number of ether oxygens (including phenoxy) is 3. The van der Waals surface area contributed by atoms with E-state index < -0.39 is 0 Å². The molecule has 0 saturated carbocycles. The number of carbonyl (C=O) groups is 2. The number of nitrogens with zero attached hydrogens (tertiary/aromatic N) is 3.